The van der Waals surface area contributed by atoms with Gasteiger partial charge in [-0.1, -0.05) is 30.0 Å². The van der Waals surface area contributed by atoms with Gasteiger partial charge >= 0.3 is 0 Å². The van der Waals surface area contributed by atoms with Crippen LogP contribution < -0.4 is 10.6 Å². The number of para-hydroxylation sites is 1. The smallest absolute Gasteiger partial charge is 0.234 e. The van der Waals surface area contributed by atoms with E-state index in [0.29, 0.717) is 28.8 Å². The number of fused-ring (bicyclic) bond motifs is 1. The van der Waals surface area contributed by atoms with Gasteiger partial charge in [-0.2, -0.15) is 0 Å². The number of carbonyl (C=O) groups is 2. The Kier molecular flexibility index (Phi) is 5.01. The number of rotatable bonds is 6. The first-order chi connectivity index (χ1) is 15.2. The lowest BCUT2D eigenvalue weighted by molar-refractivity contribution is -0.115. The van der Waals surface area contributed by atoms with Crippen molar-refractivity contribution in [1.82, 2.24) is 14.8 Å². The number of anilines is 2. The highest BCUT2D eigenvalue weighted by Gasteiger charge is 2.20. The SMILES string of the molecule is O=C(CSc1nnc(-c2ccco2)n1-c1ccccc1)Nc1ccc2c(c1)CC(=O)N2. The lowest BCUT2D eigenvalue weighted by Gasteiger charge is -2.09. The summed E-state index contributed by atoms with van der Waals surface area (Å²) in [6.07, 6.45) is 1.91. The van der Waals surface area contributed by atoms with E-state index in [1.807, 2.05) is 47.0 Å². The van der Waals surface area contributed by atoms with Gasteiger partial charge < -0.3 is 15.1 Å². The van der Waals surface area contributed by atoms with Gasteiger partial charge in [0.25, 0.3) is 0 Å². The third-order valence-corrected chi connectivity index (χ3v) is 5.66. The highest BCUT2D eigenvalue weighted by atomic mass is 32.2. The molecule has 2 amide bonds. The molecule has 9 heteroatoms. The van der Waals surface area contributed by atoms with Crippen LogP contribution in [0.3, 0.4) is 0 Å². The van der Waals surface area contributed by atoms with E-state index in [2.05, 4.69) is 20.8 Å². The molecule has 0 spiro atoms. The first-order valence-corrected chi connectivity index (χ1v) is 10.6. The van der Waals surface area contributed by atoms with Gasteiger partial charge in [-0.3, -0.25) is 14.2 Å². The number of aromatic nitrogens is 3. The zero-order valence-corrected chi connectivity index (χ0v) is 17.1. The fourth-order valence-electron chi connectivity index (χ4n) is 3.37. The van der Waals surface area contributed by atoms with Crippen LogP contribution in [0.1, 0.15) is 5.56 Å². The number of amides is 2. The molecule has 0 unspecified atom stereocenters. The molecular formula is C22H17N5O3S. The molecule has 0 radical (unpaired) electrons. The summed E-state index contributed by atoms with van der Waals surface area (Å²) in [5, 5.41) is 14.8. The average Bonchev–Trinajstić information content (AvgIpc) is 3.51. The maximum absolute atomic E-state index is 12.5. The molecule has 0 atom stereocenters. The Labute approximate surface area is 181 Å². The van der Waals surface area contributed by atoms with Crippen molar-refractivity contribution in [2.45, 2.75) is 11.6 Å². The van der Waals surface area contributed by atoms with E-state index in [9.17, 15) is 9.59 Å². The molecule has 1 aliphatic heterocycles. The number of thioether (sulfide) groups is 1. The number of hydrogen-bond acceptors (Lipinski definition) is 6. The van der Waals surface area contributed by atoms with E-state index >= 15 is 0 Å². The standard InChI is InChI=1S/C22H17N5O3S/c28-19-12-14-11-15(8-9-17(14)24-19)23-20(29)13-31-22-26-25-21(18-7-4-10-30-18)27(22)16-5-2-1-3-6-16/h1-11H,12-13H2,(H,23,29)(H,24,28). The van der Waals surface area contributed by atoms with E-state index < -0.39 is 0 Å². The van der Waals surface area contributed by atoms with Gasteiger partial charge in [0.05, 0.1) is 18.4 Å². The Morgan fingerprint density at radius 3 is 2.81 bits per heavy atom. The van der Waals surface area contributed by atoms with Crippen molar-refractivity contribution >= 4 is 35.0 Å². The van der Waals surface area contributed by atoms with Gasteiger partial charge in [-0.15, -0.1) is 10.2 Å². The van der Waals surface area contributed by atoms with Crippen LogP contribution in [0.25, 0.3) is 17.3 Å². The van der Waals surface area contributed by atoms with Crippen molar-refractivity contribution in [3.8, 4) is 17.3 Å². The molecule has 8 nitrogen and oxygen atoms in total. The van der Waals surface area contributed by atoms with Crippen LogP contribution in [-0.2, 0) is 16.0 Å². The van der Waals surface area contributed by atoms with Crippen molar-refractivity contribution in [1.29, 1.82) is 0 Å². The summed E-state index contributed by atoms with van der Waals surface area (Å²) in [6.45, 7) is 0. The number of carbonyl (C=O) groups excluding carboxylic acids is 2. The second-order valence-electron chi connectivity index (χ2n) is 6.89. The second kappa shape index (κ2) is 8.11. The monoisotopic (exact) mass is 431 g/mol. The molecule has 2 aromatic carbocycles. The van der Waals surface area contributed by atoms with E-state index in [0.717, 1.165) is 16.9 Å². The number of nitrogens with one attached hydrogen (secondary N) is 2. The van der Waals surface area contributed by atoms with Crippen LogP contribution >= 0.6 is 11.8 Å². The summed E-state index contributed by atoms with van der Waals surface area (Å²) in [4.78, 5) is 24.0. The molecule has 2 N–H and O–H groups in total. The molecule has 0 aliphatic carbocycles. The molecule has 4 aromatic rings. The minimum absolute atomic E-state index is 0.0401. The van der Waals surface area contributed by atoms with Crippen LogP contribution in [0, 0.1) is 0 Å². The van der Waals surface area contributed by atoms with Crippen LogP contribution in [0.4, 0.5) is 11.4 Å². The van der Waals surface area contributed by atoms with Crippen LogP contribution in [-0.4, -0.2) is 32.3 Å². The Bertz CT molecular complexity index is 1250. The first-order valence-electron chi connectivity index (χ1n) is 9.57. The summed E-state index contributed by atoms with van der Waals surface area (Å²) in [5.41, 5.74) is 3.19. The third-order valence-electron chi connectivity index (χ3n) is 4.74. The molecule has 3 heterocycles. The second-order valence-corrected chi connectivity index (χ2v) is 7.83. The highest BCUT2D eigenvalue weighted by Crippen LogP contribution is 2.29. The quantitative estimate of drug-likeness (QED) is 0.451. The minimum Gasteiger partial charge on any atom is -0.461 e. The fraction of sp³-hybridized carbons (Fsp3) is 0.0909. The molecular weight excluding hydrogens is 414 g/mol. The van der Waals surface area contributed by atoms with Crippen LogP contribution in [0.5, 0.6) is 0 Å². The summed E-state index contributed by atoms with van der Waals surface area (Å²) < 4.78 is 7.37. The maximum atomic E-state index is 12.5. The predicted molar refractivity (Wildman–Crippen MR) is 117 cm³/mol. The summed E-state index contributed by atoms with van der Waals surface area (Å²) >= 11 is 1.28. The van der Waals surface area contributed by atoms with Crippen molar-refractivity contribution in [2.24, 2.45) is 0 Å². The molecule has 0 fully saturated rings. The number of furan rings is 1. The largest absolute Gasteiger partial charge is 0.461 e. The fourth-order valence-corrected chi connectivity index (χ4v) is 4.12. The lowest BCUT2D eigenvalue weighted by Crippen LogP contribution is -2.14. The molecule has 1 aliphatic rings. The molecule has 0 saturated carbocycles. The first kappa shape index (κ1) is 19.1. The number of benzene rings is 2. The molecule has 154 valence electrons. The van der Waals surface area contributed by atoms with E-state index in [1.54, 1.807) is 24.5 Å². The van der Waals surface area contributed by atoms with Gasteiger partial charge in [0, 0.05) is 17.1 Å². The third kappa shape index (κ3) is 3.95. The normalized spacial score (nSPS) is 12.5. The Hall–Kier alpha value is -3.85. The van der Waals surface area contributed by atoms with Crippen LogP contribution in [0.15, 0.2) is 76.5 Å². The molecule has 31 heavy (non-hydrogen) atoms. The molecule has 5 rings (SSSR count). The zero-order chi connectivity index (χ0) is 21.2. The van der Waals surface area contributed by atoms with Crippen LogP contribution in [0.2, 0.25) is 0 Å². The summed E-state index contributed by atoms with van der Waals surface area (Å²) in [6, 6.07) is 18.7. The van der Waals surface area contributed by atoms with Gasteiger partial charge in [0.1, 0.15) is 0 Å². The van der Waals surface area contributed by atoms with Gasteiger partial charge in [-0.05, 0) is 48.0 Å². The topological polar surface area (TPSA) is 102 Å². The van der Waals surface area contributed by atoms with E-state index in [-0.39, 0.29) is 17.6 Å². The van der Waals surface area contributed by atoms with Gasteiger partial charge in [-0.25, -0.2) is 0 Å². The number of hydrogen-bond donors (Lipinski definition) is 2. The predicted octanol–water partition coefficient (Wildman–Crippen LogP) is 3.75. The Balaban J connectivity index is 1.33. The molecule has 2 aromatic heterocycles. The summed E-state index contributed by atoms with van der Waals surface area (Å²) in [5.74, 6) is 1.09. The molecule has 0 bridgehead atoms. The van der Waals surface area contributed by atoms with Crippen molar-refractivity contribution < 1.29 is 14.0 Å². The van der Waals surface area contributed by atoms with Gasteiger partial charge in [0.15, 0.2) is 10.9 Å². The van der Waals surface area contributed by atoms with Crippen molar-refractivity contribution in [2.75, 3.05) is 16.4 Å². The average molecular weight is 431 g/mol. The van der Waals surface area contributed by atoms with Crippen molar-refractivity contribution in [3.63, 3.8) is 0 Å². The zero-order valence-electron chi connectivity index (χ0n) is 16.2. The maximum Gasteiger partial charge on any atom is 0.234 e. The minimum atomic E-state index is -0.176. The molecule has 0 saturated heterocycles. The number of nitrogens with zero attached hydrogens (tertiary/aromatic N) is 3. The van der Waals surface area contributed by atoms with E-state index in [4.69, 9.17) is 4.42 Å². The highest BCUT2D eigenvalue weighted by molar-refractivity contribution is 7.99. The van der Waals surface area contributed by atoms with Crippen molar-refractivity contribution in [3.05, 3.63) is 72.5 Å². The summed E-state index contributed by atoms with van der Waals surface area (Å²) in [7, 11) is 0. The lowest BCUT2D eigenvalue weighted by atomic mass is 10.1. The Morgan fingerprint density at radius 1 is 1.13 bits per heavy atom. The Morgan fingerprint density at radius 2 is 2.00 bits per heavy atom. The van der Waals surface area contributed by atoms with E-state index in [1.165, 1.54) is 11.8 Å². The van der Waals surface area contributed by atoms with Gasteiger partial charge in [0.2, 0.25) is 17.6 Å².